The molecule has 0 radical (unpaired) electrons. The van der Waals surface area contributed by atoms with Crippen LogP contribution in [0.25, 0.3) is 0 Å². The Bertz CT molecular complexity index is 303. The fourth-order valence-electron chi connectivity index (χ4n) is 3.41. The van der Waals surface area contributed by atoms with Crippen molar-refractivity contribution in [2.24, 2.45) is 5.92 Å². The third kappa shape index (κ3) is 2.87. The predicted octanol–water partition coefficient (Wildman–Crippen LogP) is 1.27. The van der Waals surface area contributed by atoms with Gasteiger partial charge in [0.2, 0.25) is 0 Å². The molecule has 2 saturated heterocycles. The lowest BCUT2D eigenvalue weighted by atomic mass is 9.81. The van der Waals surface area contributed by atoms with E-state index in [4.69, 9.17) is 9.47 Å². The van der Waals surface area contributed by atoms with Gasteiger partial charge in [-0.1, -0.05) is 0 Å². The van der Waals surface area contributed by atoms with Crippen LogP contribution in [-0.2, 0) is 9.47 Å². The molecule has 1 N–H and O–H groups in total. The van der Waals surface area contributed by atoms with Crippen molar-refractivity contribution in [3.63, 3.8) is 0 Å². The number of nitrogens with zero attached hydrogens (tertiary/aromatic N) is 1. The van der Waals surface area contributed by atoms with Gasteiger partial charge in [0.25, 0.3) is 0 Å². The summed E-state index contributed by atoms with van der Waals surface area (Å²) in [5, 5.41) is 10.6. The lowest BCUT2D eigenvalue weighted by Crippen LogP contribution is -2.51. The van der Waals surface area contributed by atoms with Gasteiger partial charge < -0.3 is 19.5 Å². The zero-order chi connectivity index (χ0) is 13.6. The molecule has 2 aliphatic rings. The maximum absolute atomic E-state index is 10.6. The van der Waals surface area contributed by atoms with Gasteiger partial charge >= 0.3 is 0 Å². The van der Waals surface area contributed by atoms with Gasteiger partial charge in [-0.2, -0.15) is 0 Å². The van der Waals surface area contributed by atoms with Crippen LogP contribution in [0.2, 0.25) is 0 Å². The van der Waals surface area contributed by atoms with Gasteiger partial charge in [0.1, 0.15) is 0 Å². The van der Waals surface area contributed by atoms with E-state index >= 15 is 0 Å². The molecule has 106 valence electrons. The van der Waals surface area contributed by atoms with Gasteiger partial charge in [0, 0.05) is 19.0 Å². The van der Waals surface area contributed by atoms with Crippen molar-refractivity contribution < 1.29 is 14.6 Å². The van der Waals surface area contributed by atoms with E-state index in [1.54, 1.807) is 0 Å². The van der Waals surface area contributed by atoms with E-state index in [0.29, 0.717) is 6.61 Å². The summed E-state index contributed by atoms with van der Waals surface area (Å²) in [6.45, 7) is 10.8. The zero-order valence-corrected chi connectivity index (χ0v) is 12.3. The van der Waals surface area contributed by atoms with Crippen molar-refractivity contribution in [1.82, 2.24) is 4.90 Å². The number of morpholine rings is 1. The van der Waals surface area contributed by atoms with Crippen molar-refractivity contribution in [2.45, 2.75) is 57.5 Å². The van der Waals surface area contributed by atoms with E-state index in [2.05, 4.69) is 39.6 Å². The maximum atomic E-state index is 10.6. The minimum absolute atomic E-state index is 0.0921. The molecule has 0 amide bonds. The molecule has 0 aromatic rings. The van der Waals surface area contributed by atoms with Gasteiger partial charge in [0.15, 0.2) is 0 Å². The molecule has 0 aromatic heterocycles. The number of aliphatic hydroxyl groups excluding tert-OH is 1. The molecule has 3 unspecified atom stereocenters. The summed E-state index contributed by atoms with van der Waals surface area (Å²) < 4.78 is 11.8. The van der Waals surface area contributed by atoms with Crippen molar-refractivity contribution in [1.29, 1.82) is 0 Å². The van der Waals surface area contributed by atoms with Crippen LogP contribution in [0.5, 0.6) is 0 Å². The van der Waals surface area contributed by atoms with Gasteiger partial charge in [-0.15, -0.1) is 0 Å². The first-order chi connectivity index (χ1) is 8.21. The number of hydrogen-bond acceptors (Lipinski definition) is 4. The summed E-state index contributed by atoms with van der Waals surface area (Å²) in [6, 6.07) is 0. The predicted molar refractivity (Wildman–Crippen MR) is 70.6 cm³/mol. The molecule has 2 aliphatic heterocycles. The zero-order valence-electron chi connectivity index (χ0n) is 12.3. The fraction of sp³-hybridized carbons (Fsp3) is 1.00. The Morgan fingerprint density at radius 1 is 1.28 bits per heavy atom. The van der Waals surface area contributed by atoms with Gasteiger partial charge in [0.05, 0.1) is 30.0 Å². The average Bonchev–Trinajstić information content (AvgIpc) is 2.45. The molecule has 0 saturated carbocycles. The molecule has 2 rings (SSSR count). The van der Waals surface area contributed by atoms with Crippen LogP contribution in [-0.4, -0.2) is 60.2 Å². The summed E-state index contributed by atoms with van der Waals surface area (Å²) in [6.07, 6.45) is 0.333. The highest BCUT2D eigenvalue weighted by atomic mass is 16.5. The standard InChI is InChI=1S/C14H27NO3/c1-13(2)8-10(14(3,4)18-13)12(16)11-9-15(5)6-7-17-11/h10-12,16H,6-9H2,1-5H3. The summed E-state index contributed by atoms with van der Waals surface area (Å²) in [4.78, 5) is 2.21. The molecule has 0 spiro atoms. The highest BCUT2D eigenvalue weighted by molar-refractivity contribution is 4.99. The Kier molecular flexibility index (Phi) is 3.76. The molecule has 3 atom stereocenters. The Morgan fingerprint density at radius 2 is 1.94 bits per heavy atom. The van der Waals surface area contributed by atoms with E-state index in [0.717, 1.165) is 19.5 Å². The molecule has 2 heterocycles. The third-order valence-electron chi connectivity index (χ3n) is 4.23. The van der Waals surface area contributed by atoms with Crippen LogP contribution in [0.4, 0.5) is 0 Å². The topological polar surface area (TPSA) is 41.9 Å². The Balaban J connectivity index is 2.06. The van der Waals surface area contributed by atoms with Gasteiger partial charge in [-0.05, 0) is 41.2 Å². The van der Waals surface area contributed by atoms with Crippen molar-refractivity contribution in [3.05, 3.63) is 0 Å². The minimum Gasteiger partial charge on any atom is -0.390 e. The van der Waals surface area contributed by atoms with Gasteiger partial charge in [-0.3, -0.25) is 0 Å². The maximum Gasteiger partial charge on any atom is 0.0964 e. The second-order valence-electron chi connectivity index (χ2n) is 6.94. The monoisotopic (exact) mass is 257 g/mol. The van der Waals surface area contributed by atoms with Gasteiger partial charge in [-0.25, -0.2) is 0 Å². The van der Waals surface area contributed by atoms with Crippen LogP contribution in [0.15, 0.2) is 0 Å². The van der Waals surface area contributed by atoms with Crippen molar-refractivity contribution in [2.75, 3.05) is 26.7 Å². The normalized spacial score (nSPS) is 37.7. The first-order valence-corrected chi connectivity index (χ1v) is 6.90. The minimum atomic E-state index is -0.454. The van der Waals surface area contributed by atoms with E-state index in [9.17, 15) is 5.11 Å². The second kappa shape index (κ2) is 4.75. The Hall–Kier alpha value is -0.160. The van der Waals surface area contributed by atoms with Crippen LogP contribution >= 0.6 is 0 Å². The second-order valence-corrected chi connectivity index (χ2v) is 6.94. The van der Waals surface area contributed by atoms with Crippen LogP contribution < -0.4 is 0 Å². The van der Waals surface area contributed by atoms with Crippen LogP contribution in [0, 0.1) is 5.92 Å². The highest BCUT2D eigenvalue weighted by Crippen LogP contribution is 2.44. The number of ether oxygens (including phenoxy) is 2. The summed E-state index contributed by atoms with van der Waals surface area (Å²) in [5.41, 5.74) is -0.446. The molecule has 2 fully saturated rings. The Labute approximate surface area is 110 Å². The molecular formula is C14H27NO3. The van der Waals surface area contributed by atoms with Crippen molar-refractivity contribution >= 4 is 0 Å². The largest absolute Gasteiger partial charge is 0.390 e. The van der Waals surface area contributed by atoms with E-state index in [1.165, 1.54) is 0 Å². The summed E-state index contributed by atoms with van der Waals surface area (Å²) >= 11 is 0. The summed E-state index contributed by atoms with van der Waals surface area (Å²) in [5.74, 6) is 0.129. The smallest absolute Gasteiger partial charge is 0.0964 e. The van der Waals surface area contributed by atoms with Crippen molar-refractivity contribution in [3.8, 4) is 0 Å². The molecule has 4 heteroatoms. The first kappa shape index (κ1) is 14.3. The van der Waals surface area contributed by atoms with Crippen LogP contribution in [0.3, 0.4) is 0 Å². The SMILES string of the molecule is CN1CCOC(C(O)C2CC(C)(C)OC2(C)C)C1. The number of aliphatic hydroxyl groups is 1. The molecular weight excluding hydrogens is 230 g/mol. The fourth-order valence-corrected chi connectivity index (χ4v) is 3.41. The number of hydrogen-bond donors (Lipinski definition) is 1. The molecule has 18 heavy (non-hydrogen) atoms. The van der Waals surface area contributed by atoms with E-state index in [-0.39, 0.29) is 23.2 Å². The third-order valence-corrected chi connectivity index (χ3v) is 4.23. The quantitative estimate of drug-likeness (QED) is 0.809. The number of likely N-dealkylation sites (N-methyl/N-ethyl adjacent to an activating group) is 1. The molecule has 0 bridgehead atoms. The lowest BCUT2D eigenvalue weighted by Gasteiger charge is -2.38. The highest BCUT2D eigenvalue weighted by Gasteiger charge is 2.50. The number of rotatable bonds is 2. The average molecular weight is 257 g/mol. The summed E-state index contributed by atoms with van der Waals surface area (Å²) in [7, 11) is 2.07. The molecule has 0 aliphatic carbocycles. The molecule has 0 aromatic carbocycles. The van der Waals surface area contributed by atoms with E-state index < -0.39 is 6.10 Å². The first-order valence-electron chi connectivity index (χ1n) is 6.90. The van der Waals surface area contributed by atoms with Crippen LogP contribution in [0.1, 0.15) is 34.1 Å². The van der Waals surface area contributed by atoms with E-state index in [1.807, 2.05) is 0 Å². The lowest BCUT2D eigenvalue weighted by molar-refractivity contribution is -0.131. The molecule has 4 nitrogen and oxygen atoms in total. The Morgan fingerprint density at radius 3 is 2.44 bits per heavy atom.